The summed E-state index contributed by atoms with van der Waals surface area (Å²) in [5.41, 5.74) is 1.73. The van der Waals surface area contributed by atoms with Gasteiger partial charge in [-0.15, -0.1) is 0 Å². The fourth-order valence-corrected chi connectivity index (χ4v) is 2.30. The molecule has 0 fully saturated rings. The van der Waals surface area contributed by atoms with E-state index < -0.39 is 11.9 Å². The summed E-state index contributed by atoms with van der Waals surface area (Å²) >= 11 is 0. The summed E-state index contributed by atoms with van der Waals surface area (Å²) < 4.78 is 4.71. The van der Waals surface area contributed by atoms with Gasteiger partial charge in [-0.05, 0) is 23.8 Å². The summed E-state index contributed by atoms with van der Waals surface area (Å²) in [7, 11) is 1.28. The van der Waals surface area contributed by atoms with Crippen LogP contribution in [0.5, 0.6) is 0 Å². The first-order valence-corrected chi connectivity index (χ1v) is 8.11. The van der Waals surface area contributed by atoms with Gasteiger partial charge in [-0.3, -0.25) is 9.78 Å². The van der Waals surface area contributed by atoms with E-state index in [1.54, 1.807) is 36.7 Å². The molecule has 3 aromatic rings. The fraction of sp³-hybridized carbons (Fsp3) is 0.105. The normalized spacial score (nSPS) is 10.1. The van der Waals surface area contributed by atoms with Crippen molar-refractivity contribution in [3.8, 4) is 0 Å². The number of nitrogens with one attached hydrogen (secondary N) is 2. The summed E-state index contributed by atoms with van der Waals surface area (Å²) in [6.45, 7) is 0.542. The lowest BCUT2D eigenvalue weighted by Gasteiger charge is -2.09. The Labute approximate surface area is 155 Å². The summed E-state index contributed by atoms with van der Waals surface area (Å²) in [6.07, 6.45) is 6.29. The van der Waals surface area contributed by atoms with Crippen LogP contribution in [0.15, 0.2) is 61.2 Å². The topological polar surface area (TPSA) is 106 Å². The summed E-state index contributed by atoms with van der Waals surface area (Å²) in [6, 6.07) is 10.4. The minimum Gasteiger partial charge on any atom is -0.465 e. The average Bonchev–Trinajstić information content (AvgIpc) is 2.73. The number of amides is 1. The molecule has 8 nitrogen and oxygen atoms in total. The largest absolute Gasteiger partial charge is 0.465 e. The van der Waals surface area contributed by atoms with Crippen LogP contribution < -0.4 is 10.6 Å². The Bertz CT molecular complexity index is 930. The molecule has 0 bridgehead atoms. The maximum absolute atomic E-state index is 12.4. The van der Waals surface area contributed by atoms with Crippen LogP contribution in [0.4, 0.5) is 11.5 Å². The monoisotopic (exact) mass is 363 g/mol. The lowest BCUT2D eigenvalue weighted by Crippen LogP contribution is -2.17. The Morgan fingerprint density at radius 3 is 2.59 bits per heavy atom. The molecule has 136 valence electrons. The molecule has 3 rings (SSSR count). The Morgan fingerprint density at radius 2 is 1.89 bits per heavy atom. The van der Waals surface area contributed by atoms with Crippen LogP contribution >= 0.6 is 0 Å². The van der Waals surface area contributed by atoms with Gasteiger partial charge in [-0.1, -0.05) is 18.2 Å². The Morgan fingerprint density at radius 1 is 1.04 bits per heavy atom. The van der Waals surface area contributed by atoms with E-state index in [0.29, 0.717) is 18.1 Å². The second-order valence-electron chi connectivity index (χ2n) is 5.49. The van der Waals surface area contributed by atoms with E-state index in [4.69, 9.17) is 4.74 Å². The Balaban J connectivity index is 1.65. The minimum absolute atomic E-state index is 0.126. The first-order chi connectivity index (χ1) is 13.2. The molecule has 2 N–H and O–H groups in total. The molecule has 2 heterocycles. The number of para-hydroxylation sites is 1. The van der Waals surface area contributed by atoms with Crippen LogP contribution in [-0.4, -0.2) is 33.9 Å². The van der Waals surface area contributed by atoms with E-state index in [9.17, 15) is 9.59 Å². The molecule has 0 atom stereocenters. The molecule has 0 radical (unpaired) electrons. The SMILES string of the molecule is COC(=O)c1ccccc1NC(=O)c1cnc(NCc2cccnc2)cn1. The highest BCUT2D eigenvalue weighted by atomic mass is 16.5. The van der Waals surface area contributed by atoms with Gasteiger partial charge in [0.05, 0.1) is 30.8 Å². The van der Waals surface area contributed by atoms with Gasteiger partial charge in [0.2, 0.25) is 0 Å². The third-order valence-corrected chi connectivity index (χ3v) is 3.66. The van der Waals surface area contributed by atoms with Crippen LogP contribution in [0.1, 0.15) is 26.4 Å². The number of aromatic nitrogens is 3. The fourth-order valence-electron chi connectivity index (χ4n) is 2.30. The smallest absolute Gasteiger partial charge is 0.339 e. The summed E-state index contributed by atoms with van der Waals surface area (Å²) in [5.74, 6) is -0.477. The molecule has 0 saturated carbocycles. The number of pyridine rings is 1. The zero-order valence-corrected chi connectivity index (χ0v) is 14.5. The molecule has 1 aromatic carbocycles. The standard InChI is InChI=1S/C19H17N5O3/c1-27-19(26)14-6-2-3-7-15(14)24-18(25)16-11-23-17(12-21-16)22-10-13-5-4-8-20-9-13/h2-9,11-12H,10H2,1H3,(H,22,23)(H,24,25). The zero-order valence-electron chi connectivity index (χ0n) is 14.5. The highest BCUT2D eigenvalue weighted by Crippen LogP contribution is 2.17. The van der Waals surface area contributed by atoms with Gasteiger partial charge in [0.15, 0.2) is 0 Å². The van der Waals surface area contributed by atoms with Crippen LogP contribution in [0.25, 0.3) is 0 Å². The molecule has 0 saturated heterocycles. The highest BCUT2D eigenvalue weighted by molar-refractivity contribution is 6.06. The molecule has 0 spiro atoms. The molecular formula is C19H17N5O3. The third kappa shape index (κ3) is 4.63. The number of hydrogen-bond donors (Lipinski definition) is 2. The van der Waals surface area contributed by atoms with Gasteiger partial charge in [0.25, 0.3) is 5.91 Å². The summed E-state index contributed by atoms with van der Waals surface area (Å²) in [5, 5.41) is 5.75. The number of hydrogen-bond acceptors (Lipinski definition) is 7. The average molecular weight is 363 g/mol. The van der Waals surface area contributed by atoms with Crippen molar-refractivity contribution in [2.75, 3.05) is 17.7 Å². The number of rotatable bonds is 6. The minimum atomic E-state index is -0.535. The number of ether oxygens (including phenoxy) is 1. The Kier molecular flexibility index (Phi) is 5.68. The Hall–Kier alpha value is -3.81. The van der Waals surface area contributed by atoms with Crippen molar-refractivity contribution in [3.63, 3.8) is 0 Å². The van der Waals surface area contributed by atoms with Gasteiger partial charge in [0.1, 0.15) is 11.5 Å². The number of carbonyl (C=O) groups excluding carboxylic acids is 2. The zero-order chi connectivity index (χ0) is 19.1. The van der Waals surface area contributed by atoms with Gasteiger partial charge < -0.3 is 15.4 Å². The number of anilines is 2. The second-order valence-corrected chi connectivity index (χ2v) is 5.49. The molecule has 1 amide bonds. The molecular weight excluding hydrogens is 346 g/mol. The molecule has 0 aliphatic rings. The second kappa shape index (κ2) is 8.52. The molecule has 0 aliphatic heterocycles. The van der Waals surface area contributed by atoms with Crippen molar-refractivity contribution in [1.29, 1.82) is 0 Å². The lowest BCUT2D eigenvalue weighted by atomic mass is 10.1. The van der Waals surface area contributed by atoms with Crippen LogP contribution in [0, 0.1) is 0 Å². The maximum atomic E-state index is 12.4. The van der Waals surface area contributed by atoms with Gasteiger partial charge in [0, 0.05) is 18.9 Å². The van der Waals surface area contributed by atoms with Gasteiger partial charge in [-0.2, -0.15) is 0 Å². The van der Waals surface area contributed by atoms with Crippen molar-refractivity contribution >= 4 is 23.4 Å². The quantitative estimate of drug-likeness (QED) is 0.648. The molecule has 0 unspecified atom stereocenters. The highest BCUT2D eigenvalue weighted by Gasteiger charge is 2.15. The van der Waals surface area contributed by atoms with E-state index in [1.165, 1.54) is 19.5 Å². The number of methoxy groups -OCH3 is 1. The van der Waals surface area contributed by atoms with E-state index >= 15 is 0 Å². The van der Waals surface area contributed by atoms with Crippen molar-refractivity contribution < 1.29 is 14.3 Å². The predicted molar refractivity (Wildman–Crippen MR) is 99.3 cm³/mol. The number of nitrogens with zero attached hydrogens (tertiary/aromatic N) is 3. The third-order valence-electron chi connectivity index (χ3n) is 3.66. The molecule has 0 aliphatic carbocycles. The number of benzene rings is 1. The first kappa shape index (κ1) is 18.0. The summed E-state index contributed by atoms with van der Waals surface area (Å²) in [4.78, 5) is 36.5. The molecule has 27 heavy (non-hydrogen) atoms. The van der Waals surface area contributed by atoms with Crippen molar-refractivity contribution in [3.05, 3.63) is 78.0 Å². The van der Waals surface area contributed by atoms with Crippen molar-refractivity contribution in [1.82, 2.24) is 15.0 Å². The number of carbonyl (C=O) groups is 2. The number of esters is 1. The predicted octanol–water partition coefficient (Wildman–Crippen LogP) is 2.52. The van der Waals surface area contributed by atoms with E-state index in [1.807, 2.05) is 12.1 Å². The van der Waals surface area contributed by atoms with Crippen molar-refractivity contribution in [2.24, 2.45) is 0 Å². The van der Waals surface area contributed by atoms with E-state index in [-0.39, 0.29) is 11.3 Å². The van der Waals surface area contributed by atoms with Crippen molar-refractivity contribution in [2.45, 2.75) is 6.54 Å². The van der Waals surface area contributed by atoms with Gasteiger partial charge in [-0.25, -0.2) is 14.8 Å². The lowest BCUT2D eigenvalue weighted by molar-refractivity contribution is 0.0602. The van der Waals surface area contributed by atoms with Crippen LogP contribution in [0.3, 0.4) is 0 Å². The van der Waals surface area contributed by atoms with Crippen LogP contribution in [0.2, 0.25) is 0 Å². The first-order valence-electron chi connectivity index (χ1n) is 8.11. The molecule has 2 aromatic heterocycles. The van der Waals surface area contributed by atoms with E-state index in [2.05, 4.69) is 25.6 Å². The van der Waals surface area contributed by atoms with Gasteiger partial charge >= 0.3 is 5.97 Å². The van der Waals surface area contributed by atoms with Crippen LogP contribution in [-0.2, 0) is 11.3 Å². The van der Waals surface area contributed by atoms with E-state index in [0.717, 1.165) is 5.56 Å². The maximum Gasteiger partial charge on any atom is 0.339 e. The molecule has 8 heteroatoms.